The molecule has 1 fully saturated rings. The van der Waals surface area contributed by atoms with Gasteiger partial charge in [-0.15, -0.1) is 18.3 Å². The summed E-state index contributed by atoms with van der Waals surface area (Å²) in [5.41, 5.74) is 0.674. The fourth-order valence-corrected chi connectivity index (χ4v) is 3.03. The zero-order valence-corrected chi connectivity index (χ0v) is 14.8. The van der Waals surface area contributed by atoms with E-state index >= 15 is 0 Å². The fraction of sp³-hybridized carbons (Fsp3) is 0.375. The van der Waals surface area contributed by atoms with E-state index in [0.29, 0.717) is 49.3 Å². The molecule has 0 unspecified atom stereocenters. The standard InChI is InChI=1S/C16H16F3N7O2/c1-24-15(20-22-23-24)13-10-14(21-28-13)26-7-5-25(6-8-26)11-3-2-4-12(9-11)27-16(17,18)19/h2-4,9-10H,5-8H2,1H3. The van der Waals surface area contributed by atoms with Gasteiger partial charge < -0.3 is 19.1 Å². The number of piperazine rings is 1. The van der Waals surface area contributed by atoms with Gasteiger partial charge in [0, 0.05) is 51.0 Å². The first-order valence-corrected chi connectivity index (χ1v) is 8.44. The molecule has 0 atom stereocenters. The Kier molecular flexibility index (Phi) is 4.53. The number of anilines is 2. The van der Waals surface area contributed by atoms with Crippen LogP contribution >= 0.6 is 0 Å². The first-order valence-electron chi connectivity index (χ1n) is 8.44. The largest absolute Gasteiger partial charge is 0.573 e. The first-order chi connectivity index (χ1) is 13.4. The lowest BCUT2D eigenvalue weighted by Gasteiger charge is -2.36. The third kappa shape index (κ3) is 3.85. The Bertz CT molecular complexity index is 948. The van der Waals surface area contributed by atoms with Crippen molar-refractivity contribution in [3.63, 3.8) is 0 Å². The minimum Gasteiger partial charge on any atom is -0.406 e. The van der Waals surface area contributed by atoms with Gasteiger partial charge in [0.25, 0.3) is 0 Å². The van der Waals surface area contributed by atoms with Gasteiger partial charge in [-0.1, -0.05) is 11.2 Å². The van der Waals surface area contributed by atoms with Crippen LogP contribution in [0, 0.1) is 0 Å². The molecule has 1 aliphatic rings. The summed E-state index contributed by atoms with van der Waals surface area (Å²) in [7, 11) is 1.70. The second-order valence-electron chi connectivity index (χ2n) is 6.19. The van der Waals surface area contributed by atoms with Crippen molar-refractivity contribution in [2.24, 2.45) is 7.05 Å². The maximum absolute atomic E-state index is 12.4. The van der Waals surface area contributed by atoms with Crippen LogP contribution in [0.15, 0.2) is 34.9 Å². The molecule has 1 aromatic carbocycles. The maximum Gasteiger partial charge on any atom is 0.573 e. The van der Waals surface area contributed by atoms with E-state index in [9.17, 15) is 13.2 Å². The van der Waals surface area contributed by atoms with Crippen LogP contribution in [-0.4, -0.2) is 57.9 Å². The summed E-state index contributed by atoms with van der Waals surface area (Å²) >= 11 is 0. The molecule has 0 N–H and O–H groups in total. The molecular weight excluding hydrogens is 379 g/mol. The highest BCUT2D eigenvalue weighted by Gasteiger charge is 2.31. The summed E-state index contributed by atoms with van der Waals surface area (Å²) in [5, 5.41) is 15.3. The Morgan fingerprint density at radius 1 is 1.07 bits per heavy atom. The Morgan fingerprint density at radius 2 is 1.82 bits per heavy atom. The number of tetrazole rings is 1. The van der Waals surface area contributed by atoms with Crippen LogP contribution in [0.3, 0.4) is 0 Å². The summed E-state index contributed by atoms with van der Waals surface area (Å²) in [5.74, 6) is 1.36. The zero-order valence-electron chi connectivity index (χ0n) is 14.8. The van der Waals surface area contributed by atoms with Crippen LogP contribution in [0.25, 0.3) is 11.6 Å². The first kappa shape index (κ1) is 18.1. The molecule has 1 saturated heterocycles. The average Bonchev–Trinajstić information content (AvgIpc) is 3.29. The van der Waals surface area contributed by atoms with Crippen LogP contribution in [0.1, 0.15) is 0 Å². The van der Waals surface area contributed by atoms with Gasteiger partial charge in [0.05, 0.1) is 0 Å². The van der Waals surface area contributed by atoms with Gasteiger partial charge in [0.1, 0.15) is 5.75 Å². The minimum absolute atomic E-state index is 0.231. The summed E-state index contributed by atoms with van der Waals surface area (Å²) < 4.78 is 48.0. The number of hydrogen-bond acceptors (Lipinski definition) is 8. The van der Waals surface area contributed by atoms with Gasteiger partial charge in [-0.3, -0.25) is 0 Å². The lowest BCUT2D eigenvalue weighted by molar-refractivity contribution is -0.274. The van der Waals surface area contributed by atoms with Crippen molar-refractivity contribution < 1.29 is 22.4 Å². The van der Waals surface area contributed by atoms with Crippen molar-refractivity contribution in [2.45, 2.75) is 6.36 Å². The molecule has 0 radical (unpaired) electrons. The molecule has 1 aliphatic heterocycles. The SMILES string of the molecule is Cn1nnnc1-c1cc(N2CCN(c3cccc(OC(F)(F)F)c3)CC2)no1. The van der Waals surface area contributed by atoms with Crippen LogP contribution in [0.5, 0.6) is 5.75 Å². The molecule has 12 heteroatoms. The molecule has 0 bridgehead atoms. The Balaban J connectivity index is 1.41. The number of halogens is 3. The summed E-state index contributed by atoms with van der Waals surface area (Å²) in [6, 6.07) is 7.73. The summed E-state index contributed by atoms with van der Waals surface area (Å²) in [6.45, 7) is 2.49. The van der Waals surface area contributed by atoms with Crippen molar-refractivity contribution in [2.75, 3.05) is 36.0 Å². The van der Waals surface area contributed by atoms with Gasteiger partial charge in [0.15, 0.2) is 5.82 Å². The van der Waals surface area contributed by atoms with E-state index in [-0.39, 0.29) is 5.75 Å². The molecule has 148 valence electrons. The molecule has 2 aromatic heterocycles. The smallest absolute Gasteiger partial charge is 0.406 e. The quantitative estimate of drug-likeness (QED) is 0.664. The second-order valence-corrected chi connectivity index (χ2v) is 6.19. The molecule has 4 rings (SSSR count). The predicted molar refractivity (Wildman–Crippen MR) is 91.8 cm³/mol. The highest BCUT2D eigenvalue weighted by atomic mass is 19.4. The molecule has 0 amide bonds. The van der Waals surface area contributed by atoms with Crippen molar-refractivity contribution in [3.05, 3.63) is 30.3 Å². The van der Waals surface area contributed by atoms with E-state index in [1.807, 2.05) is 9.80 Å². The molecule has 9 nitrogen and oxygen atoms in total. The van der Waals surface area contributed by atoms with Crippen molar-refractivity contribution >= 4 is 11.5 Å². The number of ether oxygens (including phenoxy) is 1. The van der Waals surface area contributed by atoms with E-state index in [1.165, 1.54) is 16.8 Å². The van der Waals surface area contributed by atoms with Crippen LogP contribution in [0.4, 0.5) is 24.7 Å². The van der Waals surface area contributed by atoms with Crippen LogP contribution < -0.4 is 14.5 Å². The maximum atomic E-state index is 12.4. The Labute approximate surface area is 157 Å². The van der Waals surface area contributed by atoms with Crippen LogP contribution in [0.2, 0.25) is 0 Å². The number of hydrogen-bond donors (Lipinski definition) is 0. The summed E-state index contributed by atoms with van der Waals surface area (Å²) in [6.07, 6.45) is -4.71. The predicted octanol–water partition coefficient (Wildman–Crippen LogP) is 2.09. The lowest BCUT2D eigenvalue weighted by atomic mass is 10.2. The molecule has 3 heterocycles. The van der Waals surface area contributed by atoms with Crippen molar-refractivity contribution in [3.8, 4) is 17.3 Å². The van der Waals surface area contributed by atoms with Gasteiger partial charge in [-0.2, -0.15) is 0 Å². The number of alkyl halides is 3. The van der Waals surface area contributed by atoms with Crippen molar-refractivity contribution in [1.82, 2.24) is 25.4 Å². The van der Waals surface area contributed by atoms with E-state index in [1.54, 1.807) is 25.2 Å². The van der Waals surface area contributed by atoms with Gasteiger partial charge in [0.2, 0.25) is 11.6 Å². The zero-order chi connectivity index (χ0) is 19.7. The molecular formula is C16H16F3N7O2. The Morgan fingerprint density at radius 3 is 2.50 bits per heavy atom. The third-order valence-electron chi connectivity index (χ3n) is 4.36. The van der Waals surface area contributed by atoms with Gasteiger partial charge in [-0.05, 0) is 22.6 Å². The van der Waals surface area contributed by atoms with Crippen LogP contribution in [-0.2, 0) is 7.05 Å². The molecule has 0 aliphatic carbocycles. The monoisotopic (exact) mass is 395 g/mol. The average molecular weight is 395 g/mol. The molecule has 28 heavy (non-hydrogen) atoms. The van der Waals surface area contributed by atoms with Crippen molar-refractivity contribution in [1.29, 1.82) is 0 Å². The third-order valence-corrected chi connectivity index (χ3v) is 4.36. The number of nitrogens with zero attached hydrogens (tertiary/aromatic N) is 7. The molecule has 3 aromatic rings. The Hall–Kier alpha value is -3.31. The molecule has 0 saturated carbocycles. The number of aromatic nitrogens is 5. The number of benzene rings is 1. The number of aryl methyl sites for hydroxylation is 1. The van der Waals surface area contributed by atoms with Gasteiger partial charge >= 0.3 is 6.36 Å². The topological polar surface area (TPSA) is 85.3 Å². The molecule has 0 spiro atoms. The lowest BCUT2D eigenvalue weighted by Crippen LogP contribution is -2.46. The van der Waals surface area contributed by atoms with E-state index in [4.69, 9.17) is 4.52 Å². The van der Waals surface area contributed by atoms with E-state index in [2.05, 4.69) is 25.4 Å². The minimum atomic E-state index is -4.71. The highest BCUT2D eigenvalue weighted by Crippen LogP contribution is 2.28. The highest BCUT2D eigenvalue weighted by molar-refractivity contribution is 5.56. The fourth-order valence-electron chi connectivity index (χ4n) is 3.03. The van der Waals surface area contributed by atoms with E-state index in [0.717, 1.165) is 0 Å². The normalized spacial score (nSPS) is 15.1. The van der Waals surface area contributed by atoms with E-state index < -0.39 is 6.36 Å². The van der Waals surface area contributed by atoms with Gasteiger partial charge in [-0.25, -0.2) is 4.68 Å². The second kappa shape index (κ2) is 7.02. The number of rotatable bonds is 4. The summed E-state index contributed by atoms with van der Waals surface area (Å²) in [4.78, 5) is 4.02.